The molecule has 88 valence electrons. The van der Waals surface area contributed by atoms with Crippen LogP contribution >= 0.6 is 24.4 Å². The van der Waals surface area contributed by atoms with Crippen LogP contribution in [0.3, 0.4) is 0 Å². The van der Waals surface area contributed by atoms with Gasteiger partial charge in [0.15, 0.2) is 0 Å². The summed E-state index contributed by atoms with van der Waals surface area (Å²) in [4.78, 5) is 0. The van der Waals surface area contributed by atoms with E-state index < -0.39 is 0 Å². The molecule has 0 amide bonds. The summed E-state index contributed by atoms with van der Waals surface area (Å²) in [7, 11) is 2.20. The first-order valence-corrected chi connectivity index (χ1v) is 11.9. The van der Waals surface area contributed by atoms with Crippen LogP contribution in [0.15, 0.2) is 0 Å². The number of hydrogen-bond donors (Lipinski definition) is 0. The van der Waals surface area contributed by atoms with Gasteiger partial charge in [-0.3, -0.25) is 0 Å². The maximum atomic E-state index is 2.54. The summed E-state index contributed by atoms with van der Waals surface area (Å²) in [5.74, 6) is 0. The zero-order chi connectivity index (χ0) is 10.7. The van der Waals surface area contributed by atoms with Crippen LogP contribution in [-0.4, -0.2) is 49.3 Å². The van der Waals surface area contributed by atoms with E-state index in [0.29, 0.717) is 15.8 Å². The first-order valence-electron chi connectivity index (χ1n) is 6.38. The molecule has 15 heavy (non-hydrogen) atoms. The molecule has 0 aromatic carbocycles. The third-order valence-electron chi connectivity index (χ3n) is 4.10. The van der Waals surface area contributed by atoms with Crippen molar-refractivity contribution >= 4 is 24.4 Å². The first kappa shape index (κ1) is 12.7. The predicted octanol–water partition coefficient (Wildman–Crippen LogP) is 4.21. The molecular weight excluding hydrogens is 237 g/mol. The SMILES string of the molecule is C[P@@]1CCC[C@@H]1CPC[C@H]1CCC[P@]1C. The Labute approximate surface area is 99.7 Å². The van der Waals surface area contributed by atoms with Crippen molar-refractivity contribution in [2.75, 3.05) is 38.0 Å². The Balaban J connectivity index is 1.62. The standard InChI is InChI=1S/C12H25P3/c1-14-7-3-5-11(14)9-13-10-12-6-4-8-15(12)2/h11-13H,3-10H2,1-2H3/t11-,12-,14+,15+/m1/s1. The zero-order valence-corrected chi connectivity index (χ0v) is 13.0. The zero-order valence-electron chi connectivity index (χ0n) is 10.2. The Morgan fingerprint density at radius 3 is 1.73 bits per heavy atom. The molecule has 2 rings (SSSR count). The molecule has 0 radical (unpaired) electrons. The van der Waals surface area contributed by atoms with Gasteiger partial charge >= 0.3 is 0 Å². The first-order chi connectivity index (χ1) is 7.27. The van der Waals surface area contributed by atoms with Crippen molar-refractivity contribution in [3.63, 3.8) is 0 Å². The summed E-state index contributed by atoms with van der Waals surface area (Å²) in [5, 5.41) is 0. The van der Waals surface area contributed by atoms with Crippen LogP contribution in [0.25, 0.3) is 0 Å². The fourth-order valence-electron chi connectivity index (χ4n) is 2.89. The largest absolute Gasteiger partial charge is 0.121 e. The lowest BCUT2D eigenvalue weighted by molar-refractivity contribution is 0.828. The van der Waals surface area contributed by atoms with Gasteiger partial charge in [-0.05, 0) is 75.0 Å². The summed E-state index contributed by atoms with van der Waals surface area (Å²) in [6.07, 6.45) is 12.6. The van der Waals surface area contributed by atoms with Crippen LogP contribution in [0.5, 0.6) is 0 Å². The maximum absolute atomic E-state index is 2.54. The molecule has 2 aliphatic heterocycles. The lowest BCUT2D eigenvalue weighted by Crippen LogP contribution is -2.07. The van der Waals surface area contributed by atoms with Gasteiger partial charge in [-0.2, -0.15) is 0 Å². The Bertz CT molecular complexity index is 175. The van der Waals surface area contributed by atoms with Crippen molar-refractivity contribution in [2.24, 2.45) is 0 Å². The molecule has 0 nitrogen and oxygen atoms in total. The second-order valence-electron chi connectivity index (χ2n) is 5.21. The van der Waals surface area contributed by atoms with Crippen LogP contribution < -0.4 is 0 Å². The van der Waals surface area contributed by atoms with Crippen molar-refractivity contribution in [1.29, 1.82) is 0 Å². The minimum Gasteiger partial charge on any atom is -0.121 e. The fourth-order valence-corrected chi connectivity index (χ4v) is 10.7. The van der Waals surface area contributed by atoms with Gasteiger partial charge in [0.1, 0.15) is 0 Å². The van der Waals surface area contributed by atoms with E-state index in [1.165, 1.54) is 19.9 Å². The molecular formula is C12H25P3. The van der Waals surface area contributed by atoms with Crippen molar-refractivity contribution in [1.82, 2.24) is 0 Å². The third kappa shape index (κ3) is 3.63. The highest BCUT2D eigenvalue weighted by Crippen LogP contribution is 2.51. The van der Waals surface area contributed by atoms with Gasteiger partial charge in [-0.15, -0.1) is 24.4 Å². The van der Waals surface area contributed by atoms with Gasteiger partial charge in [0.2, 0.25) is 0 Å². The highest BCUT2D eigenvalue weighted by atomic mass is 31.1. The summed E-state index contributed by atoms with van der Waals surface area (Å²) in [6.45, 7) is 5.08. The molecule has 2 fully saturated rings. The van der Waals surface area contributed by atoms with Gasteiger partial charge in [0.25, 0.3) is 0 Å². The fraction of sp³-hybridized carbons (Fsp3) is 1.00. The molecule has 2 aliphatic rings. The van der Waals surface area contributed by atoms with Crippen molar-refractivity contribution in [3.8, 4) is 0 Å². The molecule has 0 spiro atoms. The molecule has 0 aromatic rings. The van der Waals surface area contributed by atoms with Crippen LogP contribution in [0.4, 0.5) is 0 Å². The van der Waals surface area contributed by atoms with Crippen LogP contribution in [0, 0.1) is 0 Å². The molecule has 0 N–H and O–H groups in total. The summed E-state index contributed by atoms with van der Waals surface area (Å²) < 4.78 is 0. The minimum absolute atomic E-state index is 0.449. The second-order valence-corrected chi connectivity index (χ2v) is 11.9. The Morgan fingerprint density at radius 1 is 0.933 bits per heavy atom. The third-order valence-corrected chi connectivity index (χ3v) is 11.8. The molecule has 4 atom stereocenters. The molecule has 2 saturated heterocycles. The quantitative estimate of drug-likeness (QED) is 0.666. The van der Waals surface area contributed by atoms with Gasteiger partial charge in [0, 0.05) is 0 Å². The summed E-state index contributed by atoms with van der Waals surface area (Å²) >= 11 is 0. The molecule has 0 unspecified atom stereocenters. The van der Waals surface area contributed by atoms with E-state index >= 15 is 0 Å². The Morgan fingerprint density at radius 2 is 1.40 bits per heavy atom. The molecule has 0 bridgehead atoms. The molecule has 2 heterocycles. The van der Waals surface area contributed by atoms with Gasteiger partial charge in [-0.1, -0.05) is 0 Å². The van der Waals surface area contributed by atoms with E-state index in [2.05, 4.69) is 13.3 Å². The van der Waals surface area contributed by atoms with E-state index in [1.54, 1.807) is 50.3 Å². The smallest absolute Gasteiger partial charge is 0.0175 e. The van der Waals surface area contributed by atoms with Gasteiger partial charge in [0.05, 0.1) is 0 Å². The molecule has 0 aromatic heterocycles. The minimum atomic E-state index is 0.449. The van der Waals surface area contributed by atoms with Gasteiger partial charge < -0.3 is 0 Å². The second kappa shape index (κ2) is 6.28. The normalized spacial score (nSPS) is 41.2. The summed E-state index contributed by atoms with van der Waals surface area (Å²) in [6, 6.07) is 0. The lowest BCUT2D eigenvalue weighted by atomic mass is 10.3. The topological polar surface area (TPSA) is 0 Å². The number of hydrogen-bond acceptors (Lipinski definition) is 0. The Hall–Kier alpha value is 1.29. The van der Waals surface area contributed by atoms with E-state index in [-0.39, 0.29) is 0 Å². The average molecular weight is 262 g/mol. The van der Waals surface area contributed by atoms with Crippen molar-refractivity contribution in [2.45, 2.75) is 37.0 Å². The molecule has 0 aliphatic carbocycles. The maximum Gasteiger partial charge on any atom is -0.0175 e. The lowest BCUT2D eigenvalue weighted by Gasteiger charge is -2.19. The van der Waals surface area contributed by atoms with Crippen LogP contribution in [0.2, 0.25) is 0 Å². The Kier molecular flexibility index (Phi) is 5.34. The predicted molar refractivity (Wildman–Crippen MR) is 79.5 cm³/mol. The average Bonchev–Trinajstić information content (AvgIpc) is 2.78. The monoisotopic (exact) mass is 262 g/mol. The van der Waals surface area contributed by atoms with E-state index in [1.807, 2.05) is 0 Å². The highest BCUT2D eigenvalue weighted by molar-refractivity contribution is 7.59. The van der Waals surface area contributed by atoms with E-state index in [0.717, 1.165) is 0 Å². The summed E-state index contributed by atoms with van der Waals surface area (Å²) in [5.41, 5.74) is 2.34. The van der Waals surface area contributed by atoms with Crippen LogP contribution in [0.1, 0.15) is 25.7 Å². The van der Waals surface area contributed by atoms with Gasteiger partial charge in [-0.25, -0.2) is 0 Å². The number of rotatable bonds is 4. The highest BCUT2D eigenvalue weighted by Gasteiger charge is 2.25. The van der Waals surface area contributed by atoms with Crippen molar-refractivity contribution < 1.29 is 0 Å². The molecule has 3 heteroatoms. The molecule has 0 saturated carbocycles. The van der Waals surface area contributed by atoms with E-state index in [4.69, 9.17) is 0 Å². The van der Waals surface area contributed by atoms with E-state index in [9.17, 15) is 0 Å². The van der Waals surface area contributed by atoms with Crippen LogP contribution in [-0.2, 0) is 0 Å². The van der Waals surface area contributed by atoms with Crippen molar-refractivity contribution in [3.05, 3.63) is 0 Å².